The Labute approximate surface area is 94.1 Å². The summed E-state index contributed by atoms with van der Waals surface area (Å²) in [5.74, 6) is 0.857. The third-order valence-corrected chi connectivity index (χ3v) is 3.95. The lowest BCUT2D eigenvalue weighted by Crippen LogP contribution is -1.82. The molecule has 2 aromatic rings. The van der Waals surface area contributed by atoms with Crippen LogP contribution in [0.15, 0.2) is 24.4 Å². The van der Waals surface area contributed by atoms with E-state index in [1.54, 1.807) is 0 Å². The second-order valence-corrected chi connectivity index (χ2v) is 4.84. The molecule has 1 N–H and O–H groups in total. The topological polar surface area (TPSA) is 52.5 Å². The van der Waals surface area contributed by atoms with Gasteiger partial charge in [-0.25, -0.2) is 5.26 Å². The van der Waals surface area contributed by atoms with E-state index in [0.29, 0.717) is 0 Å². The summed E-state index contributed by atoms with van der Waals surface area (Å²) < 4.78 is 0. The van der Waals surface area contributed by atoms with Crippen molar-refractivity contribution in [2.45, 2.75) is 25.2 Å². The number of nitrogens with one attached hydrogen (secondary N) is 1. The van der Waals surface area contributed by atoms with Gasteiger partial charge in [0.25, 0.3) is 0 Å². The highest BCUT2D eigenvalue weighted by atomic mass is 15.1. The van der Waals surface area contributed by atoms with Gasteiger partial charge >= 0.3 is 0 Å². The van der Waals surface area contributed by atoms with Gasteiger partial charge in [0.15, 0.2) is 0 Å². The molecule has 0 radical (unpaired) electrons. The summed E-state index contributed by atoms with van der Waals surface area (Å²) in [6, 6.07) is 6.73. The fraction of sp³-hybridized carbons (Fsp3) is 0.385. The molecule has 1 unspecified atom stereocenters. The van der Waals surface area contributed by atoms with Crippen molar-refractivity contribution in [3.05, 3.63) is 30.0 Å². The molecule has 2 saturated carbocycles. The van der Waals surface area contributed by atoms with E-state index in [4.69, 9.17) is 5.26 Å². The summed E-state index contributed by atoms with van der Waals surface area (Å²) in [4.78, 5) is 0. The molecule has 3 nitrogen and oxygen atoms in total. The predicted molar refractivity (Wildman–Crippen MR) is 61.8 cm³/mol. The first kappa shape index (κ1) is 9.41. The highest BCUT2D eigenvalue weighted by Crippen LogP contribution is 2.74. The maximum Gasteiger partial charge on any atom is 0.0653 e. The fourth-order valence-corrected chi connectivity index (χ4v) is 2.70. The average molecular weight is 211 g/mol. The van der Waals surface area contributed by atoms with E-state index < -0.39 is 0 Å². The Hall–Kier alpha value is -1.82. The number of benzene rings is 1. The maximum absolute atomic E-state index is 6.50. The maximum atomic E-state index is 6.50. The standard InChI is InChI=1S/C12H12N2.CHN/c1-2-9-7-13-14-11(9)5-8(1)10-6-12(10)3-4-12;1-2/h1-2,5,7,10H,3-4,6H2,(H,13,14);1H. The minimum atomic E-state index is 0.758. The second-order valence-electron chi connectivity index (χ2n) is 4.84. The van der Waals surface area contributed by atoms with Crippen molar-refractivity contribution in [2.75, 3.05) is 0 Å². The molecule has 0 aliphatic heterocycles. The summed E-state index contributed by atoms with van der Waals surface area (Å²) in [6.07, 6.45) is 6.23. The second kappa shape index (κ2) is 3.08. The van der Waals surface area contributed by atoms with Crippen LogP contribution in [0.25, 0.3) is 10.9 Å². The zero-order valence-electron chi connectivity index (χ0n) is 8.98. The SMILES string of the molecule is C#N.c1cc2cn[nH]c2cc1C1CC12CC2. The smallest absolute Gasteiger partial charge is 0.0653 e. The van der Waals surface area contributed by atoms with E-state index in [1.165, 1.54) is 35.7 Å². The quantitative estimate of drug-likeness (QED) is 0.788. The molecule has 2 fully saturated rings. The first-order valence-corrected chi connectivity index (χ1v) is 5.56. The number of rotatable bonds is 1. The number of H-pyrrole nitrogens is 1. The van der Waals surface area contributed by atoms with E-state index in [0.717, 1.165) is 11.3 Å². The normalized spacial score (nSPS) is 23.8. The molecule has 1 aromatic carbocycles. The molecular formula is C13H13N3. The molecule has 1 aromatic heterocycles. The van der Waals surface area contributed by atoms with Gasteiger partial charge in [-0.15, -0.1) is 0 Å². The molecule has 4 rings (SSSR count). The Morgan fingerprint density at radius 2 is 2.19 bits per heavy atom. The monoisotopic (exact) mass is 211 g/mol. The molecule has 0 saturated heterocycles. The van der Waals surface area contributed by atoms with Crippen molar-refractivity contribution in [2.24, 2.45) is 5.41 Å². The largest absolute Gasteiger partial charge is 0.278 e. The van der Waals surface area contributed by atoms with Crippen LogP contribution in [0.5, 0.6) is 0 Å². The molecule has 1 heterocycles. The molecule has 2 aliphatic carbocycles. The first-order chi connectivity index (χ1) is 7.87. The van der Waals surface area contributed by atoms with Gasteiger partial charge in [-0.3, -0.25) is 5.10 Å². The average Bonchev–Trinajstić information content (AvgIpc) is 3.23. The van der Waals surface area contributed by atoms with Crippen molar-refractivity contribution < 1.29 is 0 Å². The van der Waals surface area contributed by atoms with Crippen molar-refractivity contribution in [1.82, 2.24) is 10.2 Å². The third kappa shape index (κ3) is 1.23. The van der Waals surface area contributed by atoms with E-state index in [9.17, 15) is 0 Å². The Morgan fingerprint density at radius 1 is 1.38 bits per heavy atom. The third-order valence-electron chi connectivity index (χ3n) is 3.95. The van der Waals surface area contributed by atoms with Gasteiger partial charge < -0.3 is 0 Å². The van der Waals surface area contributed by atoms with Gasteiger partial charge in [-0.1, -0.05) is 12.1 Å². The van der Waals surface area contributed by atoms with Crippen molar-refractivity contribution in [1.29, 1.82) is 5.26 Å². The van der Waals surface area contributed by atoms with Crippen LogP contribution < -0.4 is 0 Å². The lowest BCUT2D eigenvalue weighted by molar-refractivity contribution is 0.840. The predicted octanol–water partition coefficient (Wildman–Crippen LogP) is 2.97. The Balaban J connectivity index is 0.000000386. The minimum Gasteiger partial charge on any atom is -0.278 e. The van der Waals surface area contributed by atoms with Gasteiger partial charge in [0, 0.05) is 12.0 Å². The van der Waals surface area contributed by atoms with Gasteiger partial charge in [-0.2, -0.15) is 5.10 Å². The van der Waals surface area contributed by atoms with Crippen LogP contribution in [-0.2, 0) is 0 Å². The lowest BCUT2D eigenvalue weighted by Gasteiger charge is -1.98. The van der Waals surface area contributed by atoms with Crippen LogP contribution in [0.4, 0.5) is 0 Å². The zero-order chi connectivity index (χ0) is 11.2. The number of aromatic amines is 1. The van der Waals surface area contributed by atoms with Gasteiger partial charge in [0.05, 0.1) is 11.7 Å². The lowest BCUT2D eigenvalue weighted by atomic mass is 10.1. The molecular weight excluding hydrogens is 198 g/mol. The molecule has 2 aliphatic rings. The summed E-state index contributed by atoms with van der Waals surface area (Å²) in [5, 5.41) is 14.8. The highest BCUT2D eigenvalue weighted by Gasteiger charge is 2.62. The number of nitriles is 1. The molecule has 1 spiro atoms. The van der Waals surface area contributed by atoms with Crippen LogP contribution in [-0.4, -0.2) is 10.2 Å². The molecule has 80 valence electrons. The summed E-state index contributed by atoms with van der Waals surface area (Å²) in [5.41, 5.74) is 3.46. The number of fused-ring (bicyclic) bond motifs is 1. The summed E-state index contributed by atoms with van der Waals surface area (Å²) in [6.45, 7) is 3.50. The number of hydrogen-bond acceptors (Lipinski definition) is 2. The van der Waals surface area contributed by atoms with Gasteiger partial charge in [0.1, 0.15) is 0 Å². The van der Waals surface area contributed by atoms with Gasteiger partial charge in [-0.05, 0) is 42.2 Å². The molecule has 0 bridgehead atoms. The first-order valence-electron chi connectivity index (χ1n) is 5.56. The van der Waals surface area contributed by atoms with E-state index in [-0.39, 0.29) is 0 Å². The Kier molecular flexibility index (Phi) is 1.81. The van der Waals surface area contributed by atoms with Crippen LogP contribution in [0, 0.1) is 17.2 Å². The van der Waals surface area contributed by atoms with Crippen molar-refractivity contribution in [3.8, 4) is 6.57 Å². The van der Waals surface area contributed by atoms with Crippen LogP contribution >= 0.6 is 0 Å². The number of hydrogen-bond donors (Lipinski definition) is 1. The van der Waals surface area contributed by atoms with E-state index in [1.807, 2.05) is 6.20 Å². The van der Waals surface area contributed by atoms with Crippen molar-refractivity contribution in [3.63, 3.8) is 0 Å². The zero-order valence-corrected chi connectivity index (χ0v) is 8.98. The van der Waals surface area contributed by atoms with Gasteiger partial charge in [0.2, 0.25) is 0 Å². The molecule has 3 heteroatoms. The minimum absolute atomic E-state index is 0.758. The van der Waals surface area contributed by atoms with Crippen LogP contribution in [0.2, 0.25) is 0 Å². The molecule has 1 atom stereocenters. The summed E-state index contributed by atoms with van der Waals surface area (Å²) >= 11 is 0. The van der Waals surface area contributed by atoms with E-state index in [2.05, 4.69) is 35.0 Å². The Morgan fingerprint density at radius 3 is 2.88 bits per heavy atom. The molecule has 0 amide bonds. The number of aromatic nitrogens is 2. The number of nitrogens with zero attached hydrogens (tertiary/aromatic N) is 2. The fourth-order valence-electron chi connectivity index (χ4n) is 2.70. The van der Waals surface area contributed by atoms with E-state index >= 15 is 0 Å². The van der Waals surface area contributed by atoms with Crippen LogP contribution in [0.1, 0.15) is 30.7 Å². The van der Waals surface area contributed by atoms with Crippen molar-refractivity contribution >= 4 is 10.9 Å². The summed E-state index contributed by atoms with van der Waals surface area (Å²) in [7, 11) is 0. The Bertz CT molecular complexity index is 548. The molecule has 16 heavy (non-hydrogen) atoms. The highest BCUT2D eigenvalue weighted by molar-refractivity contribution is 5.78. The van der Waals surface area contributed by atoms with Crippen LogP contribution in [0.3, 0.4) is 0 Å².